The lowest BCUT2D eigenvalue weighted by atomic mass is 9.85. The minimum atomic E-state index is -0.616. The minimum Gasteiger partial charge on any atom is -0.493 e. The fourth-order valence-electron chi connectivity index (χ4n) is 10.6. The van der Waals surface area contributed by atoms with Gasteiger partial charge in [-0.25, -0.2) is 9.59 Å². The first-order valence-electron chi connectivity index (χ1n) is 24.0. The Morgan fingerprint density at radius 3 is 1.53 bits per heavy atom. The number of rotatable bonds is 24. The number of fused-ring (bicyclic) bond motifs is 2. The highest BCUT2D eigenvalue weighted by Gasteiger charge is 2.44. The predicted octanol–water partition coefficient (Wildman–Crippen LogP) is 7.67. The van der Waals surface area contributed by atoms with E-state index in [4.69, 9.17) is 61.6 Å². The molecule has 392 valence electrons. The van der Waals surface area contributed by atoms with Crippen LogP contribution in [0, 0.1) is 0 Å². The highest BCUT2D eigenvalue weighted by atomic mass is 16.6. The summed E-state index contributed by atoms with van der Waals surface area (Å²) in [6, 6.07) is 13.7. The summed E-state index contributed by atoms with van der Waals surface area (Å²) in [5.41, 5.74) is 6.43. The van der Waals surface area contributed by atoms with Crippen LogP contribution in [0.2, 0.25) is 0 Å². The lowest BCUT2D eigenvalue weighted by Crippen LogP contribution is -2.53. The third-order valence-electron chi connectivity index (χ3n) is 14.3. The molecule has 0 fully saturated rings. The van der Waals surface area contributed by atoms with Crippen LogP contribution in [0.15, 0.2) is 54.1 Å². The van der Waals surface area contributed by atoms with Crippen LogP contribution in [0.1, 0.15) is 65.2 Å². The van der Waals surface area contributed by atoms with Crippen molar-refractivity contribution in [2.45, 2.75) is 51.1 Å². The lowest BCUT2D eigenvalue weighted by Gasteiger charge is -2.46. The van der Waals surface area contributed by atoms with Crippen molar-refractivity contribution in [3.05, 3.63) is 87.5 Å². The van der Waals surface area contributed by atoms with Gasteiger partial charge in [-0.3, -0.25) is 0 Å². The first-order valence-corrected chi connectivity index (χ1v) is 24.0. The third-order valence-corrected chi connectivity index (χ3v) is 14.3. The molecule has 17 heteroatoms. The molecule has 0 amide bonds. The summed E-state index contributed by atoms with van der Waals surface area (Å²) in [6.45, 7) is 4.75. The molecule has 2 aliphatic rings. The van der Waals surface area contributed by atoms with Crippen LogP contribution in [-0.4, -0.2) is 153 Å². The summed E-state index contributed by atoms with van der Waals surface area (Å²) >= 11 is 0. The van der Waals surface area contributed by atoms with Gasteiger partial charge in [0.25, 0.3) is 0 Å². The van der Waals surface area contributed by atoms with Crippen molar-refractivity contribution in [3.63, 3.8) is 0 Å². The maximum atomic E-state index is 13.3. The Labute approximate surface area is 424 Å². The average molecular weight is 1000 g/mol. The first-order chi connectivity index (χ1) is 34.6. The third kappa shape index (κ3) is 11.3. The Balaban J connectivity index is 1.12. The highest BCUT2D eigenvalue weighted by Crippen LogP contribution is 2.52. The molecular weight excluding hydrogens is 929 g/mol. The Morgan fingerprint density at radius 2 is 0.986 bits per heavy atom. The van der Waals surface area contributed by atoms with E-state index >= 15 is 0 Å². The van der Waals surface area contributed by atoms with Crippen LogP contribution in [0.5, 0.6) is 63.2 Å². The zero-order chi connectivity index (χ0) is 52.3. The van der Waals surface area contributed by atoms with E-state index in [2.05, 4.69) is 14.1 Å². The lowest BCUT2D eigenvalue weighted by molar-refractivity contribution is -0.941. The number of hydrogen-bond acceptors (Lipinski definition) is 15. The molecule has 17 nitrogen and oxygen atoms in total. The molecule has 72 heavy (non-hydrogen) atoms. The SMILES string of the molecule is COc1cc2c(cc1OC)[C@@H](c1cc(OC)c(OC)c(OC)c1)[N@+](C)(CCCOC(=O)/C=C(\C)C(=O)OCCC[N@@+]1(C)CCc3cc(OC)c(OC)c(OC)c3[C@@H]1Cc1cc(OC)c(OC)c(OC)c1)CC2. The van der Waals surface area contributed by atoms with Gasteiger partial charge >= 0.3 is 11.9 Å². The summed E-state index contributed by atoms with van der Waals surface area (Å²) in [7, 11) is 22.1. The molecule has 4 aromatic rings. The van der Waals surface area contributed by atoms with Gasteiger partial charge < -0.3 is 70.5 Å². The van der Waals surface area contributed by atoms with Gasteiger partial charge in [0, 0.05) is 54.9 Å². The van der Waals surface area contributed by atoms with Gasteiger partial charge in [-0.05, 0) is 66.1 Å². The Bertz CT molecular complexity index is 2550. The van der Waals surface area contributed by atoms with Gasteiger partial charge in [-0.1, -0.05) is 0 Å². The number of hydrogen-bond donors (Lipinski definition) is 0. The molecule has 0 aromatic heterocycles. The predicted molar refractivity (Wildman–Crippen MR) is 270 cm³/mol. The topological polar surface area (TPSA) is 154 Å². The molecule has 0 spiro atoms. The van der Waals surface area contributed by atoms with Crippen molar-refractivity contribution in [2.75, 3.05) is 132 Å². The van der Waals surface area contributed by atoms with E-state index in [1.165, 1.54) is 6.08 Å². The zero-order valence-electron chi connectivity index (χ0n) is 44.6. The number of carbonyl (C=O) groups is 2. The number of methoxy groups -OCH3 is 11. The normalized spacial score (nSPS) is 19.2. The van der Waals surface area contributed by atoms with Crippen LogP contribution in [0.3, 0.4) is 0 Å². The largest absolute Gasteiger partial charge is 0.493 e. The Morgan fingerprint density at radius 1 is 0.528 bits per heavy atom. The summed E-state index contributed by atoms with van der Waals surface area (Å²) in [5, 5.41) is 0. The van der Waals surface area contributed by atoms with Gasteiger partial charge in [-0.15, -0.1) is 0 Å². The van der Waals surface area contributed by atoms with Crippen molar-refractivity contribution >= 4 is 11.9 Å². The Kier molecular flexibility index (Phi) is 18.3. The minimum absolute atomic E-state index is 0.123. The van der Waals surface area contributed by atoms with Gasteiger partial charge in [0.05, 0.1) is 137 Å². The summed E-state index contributed by atoms with van der Waals surface area (Å²) in [6.07, 6.45) is 4.43. The number of esters is 2. The molecule has 2 aliphatic heterocycles. The second-order valence-electron chi connectivity index (χ2n) is 18.4. The molecule has 0 N–H and O–H groups in total. The van der Waals surface area contributed by atoms with E-state index in [1.807, 2.05) is 42.5 Å². The highest BCUT2D eigenvalue weighted by molar-refractivity contribution is 5.95. The Hall–Kier alpha value is -6.72. The molecule has 2 heterocycles. The van der Waals surface area contributed by atoms with Crippen LogP contribution < -0.4 is 52.1 Å². The fraction of sp³-hybridized carbons (Fsp3) is 0.491. The number of nitrogens with zero attached hydrogens (tertiary/aromatic N) is 2. The van der Waals surface area contributed by atoms with E-state index in [-0.39, 0.29) is 30.9 Å². The molecule has 4 aromatic carbocycles. The van der Waals surface area contributed by atoms with Crippen LogP contribution in [0.4, 0.5) is 0 Å². The van der Waals surface area contributed by atoms with Gasteiger partial charge in [-0.2, -0.15) is 0 Å². The van der Waals surface area contributed by atoms with Crippen molar-refractivity contribution in [2.24, 2.45) is 0 Å². The quantitative estimate of drug-likeness (QED) is 0.0292. The number of likely N-dealkylation sites (N-methyl/N-ethyl adjacent to an activating group) is 2. The number of ether oxygens (including phenoxy) is 13. The molecule has 0 aliphatic carbocycles. The van der Waals surface area contributed by atoms with Crippen LogP contribution in [-0.2, 0) is 38.3 Å². The molecule has 0 bridgehead atoms. The van der Waals surface area contributed by atoms with Crippen LogP contribution in [0.25, 0.3) is 0 Å². The smallest absolute Gasteiger partial charge is 0.333 e. The van der Waals surface area contributed by atoms with E-state index in [1.54, 1.807) is 85.1 Å². The standard InChI is InChI=1S/C55H74N2O15/c1-34(25-48(58)71-23-16-20-57(3)22-17-36-29-41(60-4)42(61-5)33-39(36)50(57)38-31-45(64-8)52(68-12)46(32-38)65-9)55(59)72-24-15-19-56(2)21-18-37-30-47(66-10)53(69-13)54(70-14)49(37)40(56)26-35-27-43(62-6)51(67-11)44(28-35)63-7/h25,27-33,40,50H,15-24,26H2,1-14H3/q+2/b34-25+/t40-,50+,56-,57+/m0/s1. The van der Waals surface area contributed by atoms with Gasteiger partial charge in [0.15, 0.2) is 46.0 Å². The number of carbonyl (C=O) groups excluding carboxylic acids is 2. The van der Waals surface area contributed by atoms with E-state index in [9.17, 15) is 9.59 Å². The van der Waals surface area contributed by atoms with E-state index in [0.29, 0.717) is 105 Å². The summed E-state index contributed by atoms with van der Waals surface area (Å²) in [4.78, 5) is 26.5. The second-order valence-corrected chi connectivity index (χ2v) is 18.4. The van der Waals surface area contributed by atoms with Crippen molar-refractivity contribution in [1.82, 2.24) is 0 Å². The van der Waals surface area contributed by atoms with Crippen molar-refractivity contribution < 1.29 is 80.1 Å². The monoisotopic (exact) mass is 1000 g/mol. The maximum absolute atomic E-state index is 13.3. The van der Waals surface area contributed by atoms with Gasteiger partial charge in [0.1, 0.15) is 12.1 Å². The van der Waals surface area contributed by atoms with Crippen molar-refractivity contribution in [1.29, 1.82) is 0 Å². The number of benzene rings is 4. The zero-order valence-corrected chi connectivity index (χ0v) is 44.6. The van der Waals surface area contributed by atoms with Gasteiger partial charge in [0.2, 0.25) is 17.2 Å². The average Bonchev–Trinajstić information content (AvgIpc) is 3.39. The molecule has 0 unspecified atom stereocenters. The van der Waals surface area contributed by atoms with E-state index < -0.39 is 11.9 Å². The van der Waals surface area contributed by atoms with Crippen LogP contribution >= 0.6 is 0 Å². The van der Waals surface area contributed by atoms with Crippen molar-refractivity contribution in [3.8, 4) is 63.2 Å². The molecular formula is C55H74N2O15+2. The molecule has 4 atom stereocenters. The first kappa shape index (κ1) is 54.6. The molecule has 0 radical (unpaired) electrons. The molecule has 0 saturated heterocycles. The summed E-state index contributed by atoms with van der Waals surface area (Å²) < 4.78 is 76.0. The van der Waals surface area contributed by atoms with E-state index in [0.717, 1.165) is 59.3 Å². The molecule has 0 saturated carbocycles. The summed E-state index contributed by atoms with van der Waals surface area (Å²) in [5.74, 6) is 5.04. The number of quaternary nitrogens is 2. The maximum Gasteiger partial charge on any atom is 0.333 e. The fourth-order valence-corrected chi connectivity index (χ4v) is 10.6. The molecule has 6 rings (SSSR count). The second kappa shape index (κ2) is 24.1.